The molecule has 11 heteroatoms. The van der Waals surface area contributed by atoms with Crippen LogP contribution in [0.1, 0.15) is 32.6 Å². The summed E-state index contributed by atoms with van der Waals surface area (Å²) >= 11 is 7.62. The van der Waals surface area contributed by atoms with Gasteiger partial charge in [-0.15, -0.1) is 11.8 Å². The van der Waals surface area contributed by atoms with E-state index in [2.05, 4.69) is 10.0 Å². The topological polar surface area (TPSA) is 109 Å². The van der Waals surface area contributed by atoms with Gasteiger partial charge in [0.05, 0.1) is 29.1 Å². The smallest absolute Gasteiger partial charge is 0.261 e. The van der Waals surface area contributed by atoms with Crippen LogP contribution in [0.3, 0.4) is 0 Å². The van der Waals surface area contributed by atoms with Crippen molar-refractivity contribution in [3.05, 3.63) is 113 Å². The second-order valence-electron chi connectivity index (χ2n) is 8.88. The molecule has 0 bridgehead atoms. The Kier molecular flexibility index (Phi) is 7.69. The summed E-state index contributed by atoms with van der Waals surface area (Å²) in [6, 6.07) is 21.6. The highest BCUT2D eigenvalue weighted by molar-refractivity contribution is 8.00. The van der Waals surface area contributed by atoms with Crippen LogP contribution in [-0.4, -0.2) is 30.9 Å². The van der Waals surface area contributed by atoms with Crippen LogP contribution in [0.2, 0.25) is 5.02 Å². The lowest BCUT2D eigenvalue weighted by Crippen LogP contribution is -2.27. The highest BCUT2D eigenvalue weighted by Crippen LogP contribution is 2.39. The van der Waals surface area contributed by atoms with Gasteiger partial charge in [0.15, 0.2) is 0 Å². The fourth-order valence-corrected chi connectivity index (χ4v) is 6.60. The predicted molar refractivity (Wildman–Crippen MR) is 152 cm³/mol. The number of anilines is 2. The minimum atomic E-state index is -3.85. The number of benzene rings is 3. The first-order valence-electron chi connectivity index (χ1n) is 11.9. The molecule has 1 aliphatic rings. The fourth-order valence-electron chi connectivity index (χ4n) is 4.11. The number of hydrogen-bond acceptors (Lipinski definition) is 6. The van der Waals surface area contributed by atoms with Gasteiger partial charge in [-0.1, -0.05) is 29.8 Å². The summed E-state index contributed by atoms with van der Waals surface area (Å²) < 4.78 is 33.6. The summed E-state index contributed by atoms with van der Waals surface area (Å²) in [5.41, 5.74) is 2.81. The van der Waals surface area contributed by atoms with E-state index in [9.17, 15) is 18.0 Å². The van der Waals surface area contributed by atoms with Crippen molar-refractivity contribution in [3.8, 4) is 0 Å². The first-order chi connectivity index (χ1) is 18.7. The lowest BCUT2D eigenvalue weighted by Gasteiger charge is -2.23. The molecule has 200 valence electrons. The average Bonchev–Trinajstić information content (AvgIpc) is 3.57. The molecule has 0 spiro atoms. The van der Waals surface area contributed by atoms with E-state index in [4.69, 9.17) is 16.0 Å². The third kappa shape index (κ3) is 5.98. The number of rotatable bonds is 8. The van der Waals surface area contributed by atoms with Crippen molar-refractivity contribution in [2.24, 2.45) is 0 Å². The Balaban J connectivity index is 1.23. The van der Waals surface area contributed by atoms with Gasteiger partial charge in [0, 0.05) is 16.3 Å². The summed E-state index contributed by atoms with van der Waals surface area (Å²) in [6.45, 7) is 2.11. The van der Waals surface area contributed by atoms with Crippen LogP contribution in [0.5, 0.6) is 0 Å². The van der Waals surface area contributed by atoms with Crippen LogP contribution in [0.15, 0.2) is 94.4 Å². The predicted octanol–water partition coefficient (Wildman–Crippen LogP) is 6.07. The molecule has 4 aromatic rings. The van der Waals surface area contributed by atoms with Gasteiger partial charge in [-0.3, -0.25) is 14.3 Å². The summed E-state index contributed by atoms with van der Waals surface area (Å²) in [5.74, 6) is 0.785. The molecule has 0 saturated carbocycles. The Hall–Kier alpha value is -3.73. The van der Waals surface area contributed by atoms with E-state index in [-0.39, 0.29) is 22.1 Å². The zero-order valence-corrected chi connectivity index (χ0v) is 23.1. The maximum Gasteiger partial charge on any atom is 0.261 e. The maximum atomic E-state index is 12.8. The van der Waals surface area contributed by atoms with Gasteiger partial charge in [-0.25, -0.2) is 8.42 Å². The van der Waals surface area contributed by atoms with Crippen molar-refractivity contribution < 1.29 is 22.4 Å². The van der Waals surface area contributed by atoms with Crippen LogP contribution in [0, 0.1) is 6.92 Å². The van der Waals surface area contributed by atoms with E-state index >= 15 is 0 Å². The van der Waals surface area contributed by atoms with Gasteiger partial charge >= 0.3 is 0 Å². The molecule has 0 aliphatic carbocycles. The molecule has 3 aromatic carbocycles. The van der Waals surface area contributed by atoms with Crippen molar-refractivity contribution in [1.82, 2.24) is 4.90 Å². The highest BCUT2D eigenvalue weighted by Gasteiger charge is 2.33. The van der Waals surface area contributed by atoms with Crippen LogP contribution >= 0.6 is 23.4 Å². The standard InChI is InChI=1S/C28H24ClN3O5S2/c1-18-24(29)5-2-6-25(18)31-39(35,36)23-13-11-21(12-14-23)30-27(34)19-7-9-20(10-8-19)28-32(26(33)17-38-28)16-22-4-3-15-37-22/h2-15,28,31H,16-17H2,1H3,(H,30,34). The average molecular weight is 582 g/mol. The van der Waals surface area contributed by atoms with E-state index in [0.717, 1.165) is 5.56 Å². The normalized spacial score (nSPS) is 15.4. The molecule has 0 radical (unpaired) electrons. The third-order valence-electron chi connectivity index (χ3n) is 6.27. The number of furan rings is 1. The van der Waals surface area contributed by atoms with Crippen molar-refractivity contribution in [1.29, 1.82) is 0 Å². The number of hydrogen-bond donors (Lipinski definition) is 2. The number of carbonyl (C=O) groups excluding carboxylic acids is 2. The number of nitrogens with zero attached hydrogens (tertiary/aromatic N) is 1. The summed E-state index contributed by atoms with van der Waals surface area (Å²) in [5, 5.41) is 3.08. The van der Waals surface area contributed by atoms with E-state index in [0.29, 0.717) is 45.6 Å². The molecule has 2 heterocycles. The molecular weight excluding hydrogens is 558 g/mol. The molecule has 1 aliphatic heterocycles. The zero-order valence-electron chi connectivity index (χ0n) is 20.8. The van der Waals surface area contributed by atoms with Gasteiger partial charge in [0.25, 0.3) is 15.9 Å². The number of thioether (sulfide) groups is 1. The molecule has 1 saturated heterocycles. The first-order valence-corrected chi connectivity index (χ1v) is 14.8. The minimum absolute atomic E-state index is 0.0339. The molecule has 8 nitrogen and oxygen atoms in total. The summed E-state index contributed by atoms with van der Waals surface area (Å²) in [4.78, 5) is 27.1. The van der Waals surface area contributed by atoms with Gasteiger partial charge in [-0.2, -0.15) is 0 Å². The SMILES string of the molecule is Cc1c(Cl)cccc1NS(=O)(=O)c1ccc(NC(=O)c2ccc(C3SCC(=O)N3Cc3ccco3)cc2)cc1. The number of sulfonamides is 1. The Morgan fingerprint density at radius 2 is 1.79 bits per heavy atom. The quantitative estimate of drug-likeness (QED) is 0.261. The van der Waals surface area contributed by atoms with Crippen molar-refractivity contribution in [2.45, 2.75) is 23.7 Å². The molecule has 2 amide bonds. The molecule has 1 atom stereocenters. The van der Waals surface area contributed by atoms with Gasteiger partial charge in [-0.05, 0) is 78.7 Å². The zero-order chi connectivity index (χ0) is 27.6. The molecule has 39 heavy (non-hydrogen) atoms. The Morgan fingerprint density at radius 3 is 2.49 bits per heavy atom. The molecule has 5 rings (SSSR count). The number of carbonyl (C=O) groups is 2. The van der Waals surface area contributed by atoms with Crippen LogP contribution in [-0.2, 0) is 21.4 Å². The molecular formula is C28H24ClN3O5S2. The molecule has 2 N–H and O–H groups in total. The van der Waals surface area contributed by atoms with Crippen LogP contribution < -0.4 is 10.0 Å². The Labute approximate surface area is 235 Å². The van der Waals surface area contributed by atoms with Crippen molar-refractivity contribution >= 4 is 56.6 Å². The minimum Gasteiger partial charge on any atom is -0.467 e. The lowest BCUT2D eigenvalue weighted by molar-refractivity contribution is -0.128. The Bertz CT molecular complexity index is 1610. The van der Waals surface area contributed by atoms with E-state index in [1.54, 1.807) is 54.5 Å². The van der Waals surface area contributed by atoms with Gasteiger partial charge < -0.3 is 14.6 Å². The fraction of sp³-hybridized carbons (Fsp3) is 0.143. The van der Waals surface area contributed by atoms with E-state index in [1.165, 1.54) is 36.0 Å². The lowest BCUT2D eigenvalue weighted by atomic mass is 10.1. The number of nitrogens with one attached hydrogen (secondary N) is 2. The van der Waals surface area contributed by atoms with Gasteiger partial charge in [0.1, 0.15) is 11.1 Å². The maximum absolute atomic E-state index is 12.8. The second-order valence-corrected chi connectivity index (χ2v) is 12.0. The molecule has 1 unspecified atom stereocenters. The highest BCUT2D eigenvalue weighted by atomic mass is 35.5. The van der Waals surface area contributed by atoms with E-state index in [1.807, 2.05) is 18.2 Å². The second kappa shape index (κ2) is 11.2. The third-order valence-corrected chi connectivity index (χ3v) is 9.31. The Morgan fingerprint density at radius 1 is 1.05 bits per heavy atom. The van der Waals surface area contributed by atoms with Crippen molar-refractivity contribution in [2.75, 3.05) is 15.8 Å². The first kappa shape index (κ1) is 26.9. The van der Waals surface area contributed by atoms with Crippen LogP contribution in [0.25, 0.3) is 0 Å². The monoisotopic (exact) mass is 581 g/mol. The number of halogens is 1. The van der Waals surface area contributed by atoms with Crippen molar-refractivity contribution in [3.63, 3.8) is 0 Å². The van der Waals surface area contributed by atoms with E-state index < -0.39 is 10.0 Å². The van der Waals surface area contributed by atoms with Gasteiger partial charge in [0.2, 0.25) is 5.91 Å². The largest absolute Gasteiger partial charge is 0.467 e. The molecule has 1 fully saturated rings. The number of amides is 2. The molecule has 1 aromatic heterocycles. The summed E-state index contributed by atoms with van der Waals surface area (Å²) in [7, 11) is -3.85. The summed E-state index contributed by atoms with van der Waals surface area (Å²) in [6.07, 6.45) is 1.58. The van der Waals surface area contributed by atoms with Crippen LogP contribution in [0.4, 0.5) is 11.4 Å².